The van der Waals surface area contributed by atoms with Crippen LogP contribution in [0.5, 0.6) is 5.75 Å². The van der Waals surface area contributed by atoms with Crippen LogP contribution in [0.1, 0.15) is 78.0 Å². The molecule has 0 radical (unpaired) electrons. The molecule has 0 amide bonds. The van der Waals surface area contributed by atoms with Crippen LogP contribution in [0.3, 0.4) is 0 Å². The second kappa shape index (κ2) is 13.7. The summed E-state index contributed by atoms with van der Waals surface area (Å²) < 4.78 is 2.33. The van der Waals surface area contributed by atoms with E-state index < -0.39 is 0 Å². The van der Waals surface area contributed by atoms with E-state index in [1.165, 1.54) is 5.56 Å². The van der Waals surface area contributed by atoms with Crippen molar-refractivity contribution in [2.75, 3.05) is 0 Å². The predicted molar refractivity (Wildman–Crippen MR) is 231 cm³/mol. The third kappa shape index (κ3) is 6.50. The standard InChI is InChI=1S/C51H49N3O/c1-32(2)37-22-16-23-39(33-18-10-9-11-19-33)47(37)54-45-26-17-24-40(41-29-35(44-25-14-15-27-52-44)28-34-20-12-13-21-38(34)41)46(45)53-49(54)42-30-36(50(3,4)5)31-43(48(42)55)51(6,7)8/h9-32,55H,1-8H3. The number of hydrogen-bond donors (Lipinski definition) is 1. The fraction of sp³-hybridized carbons (Fsp3) is 0.216. The molecule has 2 aromatic heterocycles. The lowest BCUT2D eigenvalue weighted by molar-refractivity contribution is 0.446. The van der Waals surface area contributed by atoms with Crippen LogP contribution in [0.2, 0.25) is 0 Å². The fourth-order valence-corrected chi connectivity index (χ4v) is 7.88. The van der Waals surface area contributed by atoms with Crippen LogP contribution in [-0.4, -0.2) is 19.6 Å². The van der Waals surface area contributed by atoms with Crippen LogP contribution in [-0.2, 0) is 10.8 Å². The summed E-state index contributed by atoms with van der Waals surface area (Å²) >= 11 is 0. The van der Waals surface area contributed by atoms with Crippen molar-refractivity contribution in [3.8, 4) is 56.3 Å². The number of aromatic hydroxyl groups is 1. The minimum Gasteiger partial charge on any atom is -0.507 e. The normalized spacial score (nSPS) is 12.2. The van der Waals surface area contributed by atoms with Gasteiger partial charge in [-0.3, -0.25) is 9.55 Å². The summed E-state index contributed by atoms with van der Waals surface area (Å²) in [7, 11) is 0. The first-order valence-corrected chi connectivity index (χ1v) is 19.3. The van der Waals surface area contributed by atoms with Gasteiger partial charge in [-0.2, -0.15) is 0 Å². The van der Waals surface area contributed by atoms with E-state index in [-0.39, 0.29) is 22.5 Å². The van der Waals surface area contributed by atoms with Crippen molar-refractivity contribution in [2.45, 2.75) is 72.1 Å². The van der Waals surface area contributed by atoms with Gasteiger partial charge in [-0.1, -0.05) is 152 Å². The lowest BCUT2D eigenvalue weighted by Gasteiger charge is -2.28. The molecule has 8 rings (SSSR count). The SMILES string of the molecule is CC(C)c1cccc(-c2ccccc2)c1-n1c(-c2cc(C(C)(C)C)cc(C(C)(C)C)c2O)nc2c(-c3cc(-c4ccccn4)cc4ccccc34)cccc21. The Bertz CT molecular complexity index is 2690. The van der Waals surface area contributed by atoms with Crippen molar-refractivity contribution >= 4 is 21.8 Å². The topological polar surface area (TPSA) is 50.9 Å². The zero-order chi connectivity index (χ0) is 38.6. The third-order valence-corrected chi connectivity index (χ3v) is 10.8. The number of phenols is 1. The number of fused-ring (bicyclic) bond motifs is 2. The van der Waals surface area contributed by atoms with Gasteiger partial charge in [-0.05, 0) is 86.2 Å². The van der Waals surface area contributed by atoms with Gasteiger partial charge in [-0.15, -0.1) is 0 Å². The molecule has 0 bridgehead atoms. The van der Waals surface area contributed by atoms with Crippen molar-refractivity contribution in [3.05, 3.63) is 156 Å². The number of rotatable bonds is 6. The largest absolute Gasteiger partial charge is 0.507 e. The molecular formula is C51H49N3O. The third-order valence-electron chi connectivity index (χ3n) is 10.8. The van der Waals surface area contributed by atoms with Gasteiger partial charge in [-0.25, -0.2) is 4.98 Å². The van der Waals surface area contributed by atoms with Gasteiger partial charge < -0.3 is 5.11 Å². The van der Waals surface area contributed by atoms with Crippen LogP contribution in [0.15, 0.2) is 140 Å². The summed E-state index contributed by atoms with van der Waals surface area (Å²) in [4.78, 5) is 10.4. The van der Waals surface area contributed by atoms with Crippen LogP contribution < -0.4 is 0 Å². The lowest BCUT2D eigenvalue weighted by atomic mass is 9.79. The molecule has 0 aliphatic heterocycles. The van der Waals surface area contributed by atoms with E-state index in [9.17, 15) is 5.11 Å². The minimum atomic E-state index is -0.308. The van der Waals surface area contributed by atoms with Gasteiger partial charge in [0, 0.05) is 28.5 Å². The van der Waals surface area contributed by atoms with Crippen molar-refractivity contribution in [1.29, 1.82) is 0 Å². The van der Waals surface area contributed by atoms with E-state index in [1.807, 2.05) is 18.3 Å². The van der Waals surface area contributed by atoms with E-state index in [1.54, 1.807) is 0 Å². The Labute approximate surface area is 325 Å². The summed E-state index contributed by atoms with van der Waals surface area (Å²) in [6.07, 6.45) is 1.85. The van der Waals surface area contributed by atoms with Crippen molar-refractivity contribution in [3.63, 3.8) is 0 Å². The number of phenolic OH excluding ortho intramolecular Hbond substituents is 1. The molecule has 0 spiro atoms. The van der Waals surface area contributed by atoms with Gasteiger partial charge in [0.15, 0.2) is 0 Å². The van der Waals surface area contributed by atoms with Gasteiger partial charge >= 0.3 is 0 Å². The molecule has 0 unspecified atom stereocenters. The van der Waals surface area contributed by atoms with Crippen LogP contribution in [0.4, 0.5) is 0 Å². The Hall–Kier alpha value is -6.00. The highest BCUT2D eigenvalue weighted by atomic mass is 16.3. The molecule has 274 valence electrons. The van der Waals surface area contributed by atoms with Gasteiger partial charge in [0.2, 0.25) is 0 Å². The zero-order valence-electron chi connectivity index (χ0n) is 33.1. The fourth-order valence-electron chi connectivity index (χ4n) is 7.88. The van der Waals surface area contributed by atoms with E-state index >= 15 is 0 Å². The zero-order valence-corrected chi connectivity index (χ0v) is 33.1. The first kappa shape index (κ1) is 36.0. The minimum absolute atomic E-state index is 0.166. The van der Waals surface area contributed by atoms with Crippen molar-refractivity contribution < 1.29 is 5.11 Å². The molecule has 0 atom stereocenters. The van der Waals surface area contributed by atoms with E-state index in [0.717, 1.165) is 77.7 Å². The summed E-state index contributed by atoms with van der Waals surface area (Å²) in [5, 5.41) is 14.7. The number of nitrogens with zero attached hydrogens (tertiary/aromatic N) is 3. The maximum atomic E-state index is 12.5. The molecule has 2 heterocycles. The Kier molecular flexibility index (Phi) is 8.96. The Morgan fingerprint density at radius 2 is 1.31 bits per heavy atom. The van der Waals surface area contributed by atoms with Crippen LogP contribution >= 0.6 is 0 Å². The molecule has 4 nitrogen and oxygen atoms in total. The highest BCUT2D eigenvalue weighted by Crippen LogP contribution is 2.47. The van der Waals surface area contributed by atoms with E-state index in [2.05, 4.69) is 181 Å². The molecule has 1 N–H and O–H groups in total. The van der Waals surface area contributed by atoms with Gasteiger partial charge in [0.1, 0.15) is 11.6 Å². The molecule has 8 aromatic rings. The average Bonchev–Trinajstić information content (AvgIpc) is 3.56. The smallest absolute Gasteiger partial charge is 0.149 e. The van der Waals surface area contributed by atoms with Gasteiger partial charge in [0.25, 0.3) is 0 Å². The Morgan fingerprint density at radius 1 is 0.600 bits per heavy atom. The molecule has 6 aromatic carbocycles. The number of pyridine rings is 1. The summed E-state index contributed by atoms with van der Waals surface area (Å²) in [6, 6.07) is 47.2. The quantitative estimate of drug-likeness (QED) is 0.186. The molecular weight excluding hydrogens is 671 g/mol. The summed E-state index contributed by atoms with van der Waals surface area (Å²) in [6.45, 7) is 17.7. The molecule has 0 fully saturated rings. The van der Waals surface area contributed by atoms with Gasteiger partial charge in [0.05, 0.1) is 28.0 Å². The molecule has 0 saturated carbocycles. The van der Waals surface area contributed by atoms with Crippen molar-refractivity contribution in [1.82, 2.24) is 14.5 Å². The Morgan fingerprint density at radius 3 is 2.02 bits per heavy atom. The second-order valence-electron chi connectivity index (χ2n) is 17.1. The number of benzene rings is 6. The number of aromatic nitrogens is 3. The number of imidazole rings is 1. The van der Waals surface area contributed by atoms with Crippen LogP contribution in [0, 0.1) is 0 Å². The van der Waals surface area contributed by atoms with E-state index in [0.29, 0.717) is 5.82 Å². The lowest BCUT2D eigenvalue weighted by Crippen LogP contribution is -2.17. The predicted octanol–water partition coefficient (Wildman–Crippen LogP) is 13.7. The highest BCUT2D eigenvalue weighted by molar-refractivity contribution is 6.06. The first-order chi connectivity index (χ1) is 26.3. The first-order valence-electron chi connectivity index (χ1n) is 19.3. The van der Waals surface area contributed by atoms with Crippen molar-refractivity contribution in [2.24, 2.45) is 0 Å². The molecule has 4 heteroatoms. The maximum absolute atomic E-state index is 12.5. The number of hydrogen-bond acceptors (Lipinski definition) is 3. The average molecular weight is 720 g/mol. The molecule has 0 aliphatic carbocycles. The maximum Gasteiger partial charge on any atom is 0.149 e. The molecule has 55 heavy (non-hydrogen) atoms. The molecule has 0 saturated heterocycles. The van der Waals surface area contributed by atoms with Crippen LogP contribution in [0.25, 0.3) is 72.4 Å². The summed E-state index contributed by atoms with van der Waals surface area (Å²) in [5.41, 5.74) is 12.8. The Balaban J connectivity index is 1.55. The number of para-hydroxylation sites is 2. The highest BCUT2D eigenvalue weighted by Gasteiger charge is 2.30. The second-order valence-corrected chi connectivity index (χ2v) is 17.1. The molecule has 0 aliphatic rings. The summed E-state index contributed by atoms with van der Waals surface area (Å²) in [5.74, 6) is 1.20. The van der Waals surface area contributed by atoms with E-state index in [4.69, 9.17) is 9.97 Å². The monoisotopic (exact) mass is 719 g/mol.